The Morgan fingerprint density at radius 1 is 1.07 bits per heavy atom. The molecule has 2 N–H and O–H groups in total. The number of aliphatic hydroxyl groups excluding tert-OH is 1. The van der Waals surface area contributed by atoms with Crippen molar-refractivity contribution in [3.05, 3.63) is 60.7 Å². The largest absolute Gasteiger partial charge is 0.494 e. The minimum absolute atomic E-state index is 0.0438. The summed E-state index contributed by atoms with van der Waals surface area (Å²) in [6.07, 6.45) is 4.33. The summed E-state index contributed by atoms with van der Waals surface area (Å²) in [4.78, 5) is 28.0. The van der Waals surface area contributed by atoms with E-state index in [9.17, 15) is 9.90 Å². The molecule has 0 fully saturated rings. The zero-order valence-electron chi connectivity index (χ0n) is 23.2. The van der Waals surface area contributed by atoms with Gasteiger partial charge >= 0.3 is 0 Å². The van der Waals surface area contributed by atoms with E-state index in [2.05, 4.69) is 25.4 Å². The molecule has 0 aliphatic rings. The molecule has 0 aliphatic heterocycles. The van der Waals surface area contributed by atoms with Crippen LogP contribution in [0.25, 0.3) is 11.4 Å². The molecule has 4 rings (SSSR count). The molecule has 3 heterocycles. The van der Waals surface area contributed by atoms with Gasteiger partial charge in [-0.3, -0.25) is 9.48 Å². The van der Waals surface area contributed by atoms with Gasteiger partial charge in [-0.2, -0.15) is 5.10 Å². The van der Waals surface area contributed by atoms with Crippen LogP contribution < -0.4 is 19.7 Å². The van der Waals surface area contributed by atoms with Crippen LogP contribution in [-0.2, 0) is 11.8 Å². The number of hydrogen-bond acceptors (Lipinski definition) is 11. The summed E-state index contributed by atoms with van der Waals surface area (Å²) in [5.41, 5.74) is 2.57. The van der Waals surface area contributed by atoms with Gasteiger partial charge in [-0.25, -0.2) is 15.0 Å². The molecular formula is C28H33N7O5. The number of carbonyl (C=O) groups is 1. The van der Waals surface area contributed by atoms with Crippen LogP contribution in [0.5, 0.6) is 11.5 Å². The fraction of sp³-hybridized carbons (Fsp3) is 0.321. The first kappa shape index (κ1) is 28.5. The van der Waals surface area contributed by atoms with E-state index in [1.807, 2.05) is 37.1 Å². The second-order valence-electron chi connectivity index (χ2n) is 8.95. The van der Waals surface area contributed by atoms with Crippen molar-refractivity contribution in [2.45, 2.75) is 19.4 Å². The van der Waals surface area contributed by atoms with E-state index in [0.717, 1.165) is 11.3 Å². The third-order valence-electron chi connectivity index (χ3n) is 6.06. The SMILES string of the molecule is CCC(=O)c1cnc(Nc2ccc(OC[C@H](O)COC)cn2)cc1N(C)c1cccc(-c2ncn(C)n2)c1OC. The van der Waals surface area contributed by atoms with Gasteiger partial charge < -0.3 is 29.5 Å². The molecule has 3 aromatic heterocycles. The Kier molecular flexibility index (Phi) is 9.25. The van der Waals surface area contributed by atoms with E-state index in [0.29, 0.717) is 46.6 Å². The summed E-state index contributed by atoms with van der Waals surface area (Å²) >= 11 is 0. The quantitative estimate of drug-likeness (QED) is 0.237. The van der Waals surface area contributed by atoms with Crippen LogP contribution in [0.15, 0.2) is 55.1 Å². The Morgan fingerprint density at radius 3 is 2.52 bits per heavy atom. The van der Waals surface area contributed by atoms with Gasteiger partial charge in [0.05, 0.1) is 42.4 Å². The predicted molar refractivity (Wildman–Crippen MR) is 151 cm³/mol. The molecule has 0 bridgehead atoms. The number of hydrogen-bond donors (Lipinski definition) is 2. The number of rotatable bonds is 13. The Hall–Kier alpha value is -4.55. The second kappa shape index (κ2) is 13.0. The lowest BCUT2D eigenvalue weighted by molar-refractivity contribution is 0.0325. The van der Waals surface area contributed by atoms with Crippen molar-refractivity contribution < 1.29 is 24.1 Å². The van der Waals surface area contributed by atoms with Crippen LogP contribution in [-0.4, -0.2) is 76.2 Å². The molecule has 210 valence electrons. The average Bonchev–Trinajstić information content (AvgIpc) is 3.41. The first-order valence-electron chi connectivity index (χ1n) is 12.7. The normalized spacial score (nSPS) is 11.7. The molecule has 1 aromatic carbocycles. The maximum Gasteiger partial charge on any atom is 0.184 e. The number of nitrogens with zero attached hydrogens (tertiary/aromatic N) is 6. The third kappa shape index (κ3) is 6.53. The van der Waals surface area contributed by atoms with Crippen LogP contribution >= 0.6 is 0 Å². The van der Waals surface area contributed by atoms with E-state index in [1.54, 1.807) is 55.8 Å². The lowest BCUT2D eigenvalue weighted by Gasteiger charge is -2.25. The van der Waals surface area contributed by atoms with E-state index in [4.69, 9.17) is 14.2 Å². The highest BCUT2D eigenvalue weighted by molar-refractivity contribution is 6.02. The summed E-state index contributed by atoms with van der Waals surface area (Å²) < 4.78 is 17.9. The highest BCUT2D eigenvalue weighted by Gasteiger charge is 2.22. The molecule has 0 saturated heterocycles. The molecule has 0 radical (unpaired) electrons. The zero-order chi connectivity index (χ0) is 28.6. The average molecular weight is 548 g/mol. The molecule has 1 atom stereocenters. The van der Waals surface area contributed by atoms with Gasteiger partial charge in [0.1, 0.15) is 36.4 Å². The molecule has 12 heteroatoms. The number of aromatic nitrogens is 5. The summed E-state index contributed by atoms with van der Waals surface area (Å²) in [5.74, 6) is 2.59. The van der Waals surface area contributed by atoms with E-state index >= 15 is 0 Å². The number of methoxy groups -OCH3 is 2. The third-order valence-corrected chi connectivity index (χ3v) is 6.06. The molecular weight excluding hydrogens is 514 g/mol. The zero-order valence-corrected chi connectivity index (χ0v) is 23.2. The second-order valence-corrected chi connectivity index (χ2v) is 8.95. The molecule has 0 spiro atoms. The molecule has 0 saturated carbocycles. The Labute approximate surface area is 232 Å². The number of Topliss-reactive ketones (excluding diaryl/α,β-unsaturated/α-hetero) is 1. The summed E-state index contributed by atoms with van der Waals surface area (Å²) in [6, 6.07) is 11.0. The highest BCUT2D eigenvalue weighted by Crippen LogP contribution is 2.40. The standard InChI is InChI=1S/C28H33N7O5/c1-6-24(37)21-14-30-26(32-25-11-10-19(13-29-25)40-16-18(36)15-38-4)12-23(21)35(3)22-9-7-8-20(27(22)39-5)28-31-17-34(2)33-28/h7-14,17-18,36H,6,15-16H2,1-5H3,(H,29,30,32)/t18-/m1/s1. The molecule has 0 unspecified atom stereocenters. The Morgan fingerprint density at radius 2 is 1.88 bits per heavy atom. The number of anilines is 4. The number of nitrogens with one attached hydrogen (secondary N) is 1. The number of ether oxygens (including phenoxy) is 3. The van der Waals surface area contributed by atoms with Crippen molar-refractivity contribution in [3.63, 3.8) is 0 Å². The van der Waals surface area contributed by atoms with Crippen molar-refractivity contribution in [2.24, 2.45) is 7.05 Å². The Balaban J connectivity index is 1.63. The van der Waals surface area contributed by atoms with Crippen molar-refractivity contribution >= 4 is 28.8 Å². The number of aryl methyl sites for hydroxylation is 1. The van der Waals surface area contributed by atoms with Crippen LogP contribution in [0.1, 0.15) is 23.7 Å². The van der Waals surface area contributed by atoms with Crippen LogP contribution in [0.3, 0.4) is 0 Å². The van der Waals surface area contributed by atoms with Gasteiger partial charge in [-0.1, -0.05) is 13.0 Å². The topological polar surface area (TPSA) is 137 Å². The summed E-state index contributed by atoms with van der Waals surface area (Å²) in [6.45, 7) is 2.09. The predicted octanol–water partition coefficient (Wildman–Crippen LogP) is 3.77. The highest BCUT2D eigenvalue weighted by atomic mass is 16.5. The molecule has 4 aromatic rings. The number of benzene rings is 1. The van der Waals surface area contributed by atoms with E-state index < -0.39 is 6.10 Å². The minimum Gasteiger partial charge on any atom is -0.494 e. The van der Waals surface area contributed by atoms with E-state index in [1.165, 1.54) is 7.11 Å². The van der Waals surface area contributed by atoms with Crippen molar-refractivity contribution in [3.8, 4) is 22.9 Å². The number of aliphatic hydroxyl groups is 1. The smallest absolute Gasteiger partial charge is 0.184 e. The number of para-hydroxylation sites is 1. The van der Waals surface area contributed by atoms with E-state index in [-0.39, 0.29) is 19.0 Å². The van der Waals surface area contributed by atoms with Gasteiger partial charge in [0.15, 0.2) is 17.4 Å². The summed E-state index contributed by atoms with van der Waals surface area (Å²) in [5, 5.41) is 17.4. The van der Waals surface area contributed by atoms with Gasteiger partial charge in [0, 0.05) is 39.9 Å². The lowest BCUT2D eigenvalue weighted by Crippen LogP contribution is -2.22. The molecule has 0 aliphatic carbocycles. The molecule has 12 nitrogen and oxygen atoms in total. The van der Waals surface area contributed by atoms with Crippen LogP contribution in [0.4, 0.5) is 23.0 Å². The van der Waals surface area contributed by atoms with Crippen LogP contribution in [0.2, 0.25) is 0 Å². The monoisotopic (exact) mass is 547 g/mol. The minimum atomic E-state index is -0.730. The fourth-order valence-corrected chi connectivity index (χ4v) is 4.07. The first-order chi connectivity index (χ1) is 19.3. The van der Waals surface area contributed by atoms with Crippen molar-refractivity contribution in [1.82, 2.24) is 24.7 Å². The number of ketones is 1. The lowest BCUT2D eigenvalue weighted by atomic mass is 10.1. The van der Waals surface area contributed by atoms with Gasteiger partial charge in [-0.15, -0.1) is 0 Å². The first-order valence-corrected chi connectivity index (χ1v) is 12.7. The Bertz CT molecular complexity index is 1440. The van der Waals surface area contributed by atoms with Crippen molar-refractivity contribution in [1.29, 1.82) is 0 Å². The van der Waals surface area contributed by atoms with Gasteiger partial charge in [-0.05, 0) is 24.3 Å². The fourth-order valence-electron chi connectivity index (χ4n) is 4.07. The number of carbonyl (C=O) groups excluding carboxylic acids is 1. The van der Waals surface area contributed by atoms with Gasteiger partial charge in [0.2, 0.25) is 0 Å². The maximum absolute atomic E-state index is 12.9. The van der Waals surface area contributed by atoms with Crippen LogP contribution in [0, 0.1) is 0 Å². The number of pyridine rings is 2. The maximum atomic E-state index is 12.9. The summed E-state index contributed by atoms with van der Waals surface area (Å²) in [7, 11) is 6.77. The van der Waals surface area contributed by atoms with Crippen molar-refractivity contribution in [2.75, 3.05) is 44.7 Å². The molecule has 0 amide bonds. The molecule has 40 heavy (non-hydrogen) atoms. The van der Waals surface area contributed by atoms with Gasteiger partial charge in [0.25, 0.3) is 0 Å².